The summed E-state index contributed by atoms with van der Waals surface area (Å²) in [5, 5.41) is 0. The normalized spacial score (nSPS) is 18.5. The van der Waals surface area contributed by atoms with Crippen LogP contribution in [0.3, 0.4) is 0 Å². The lowest BCUT2D eigenvalue weighted by atomic mass is 10.0. The second-order valence-corrected chi connectivity index (χ2v) is 4.66. The number of rotatable bonds is 5. The summed E-state index contributed by atoms with van der Waals surface area (Å²) in [6.45, 7) is 3.86. The summed E-state index contributed by atoms with van der Waals surface area (Å²) in [7, 11) is 1.34. The molecule has 0 N–H and O–H groups in total. The molecule has 0 saturated carbocycles. The Labute approximate surface area is 103 Å². The van der Waals surface area contributed by atoms with Gasteiger partial charge in [-0.3, -0.25) is 9.59 Å². The zero-order chi connectivity index (χ0) is 12.8. The van der Waals surface area contributed by atoms with E-state index in [-0.39, 0.29) is 24.5 Å². The zero-order valence-corrected chi connectivity index (χ0v) is 10.8. The van der Waals surface area contributed by atoms with E-state index in [1.807, 2.05) is 13.8 Å². The summed E-state index contributed by atoms with van der Waals surface area (Å²) in [5.74, 6) is -0.00244. The third-order valence-corrected chi connectivity index (χ3v) is 3.02. The standard InChI is InChI=1S/C13H21NO3/c1-10(2)14(9-13(16)17-3)12(15)8-11-6-4-5-7-11/h4,6,10-11H,5,7-9H2,1-3H3. The van der Waals surface area contributed by atoms with E-state index in [1.165, 1.54) is 7.11 Å². The lowest BCUT2D eigenvalue weighted by molar-refractivity contribution is -0.148. The summed E-state index contributed by atoms with van der Waals surface area (Å²) in [6, 6.07) is 0.0204. The molecule has 1 rings (SSSR count). The van der Waals surface area contributed by atoms with E-state index in [4.69, 9.17) is 0 Å². The minimum Gasteiger partial charge on any atom is -0.468 e. The van der Waals surface area contributed by atoms with Crippen LogP contribution in [-0.4, -0.2) is 36.5 Å². The van der Waals surface area contributed by atoms with E-state index in [0.717, 1.165) is 12.8 Å². The predicted octanol–water partition coefficient (Wildman–Crippen LogP) is 1.75. The molecule has 0 bridgehead atoms. The monoisotopic (exact) mass is 239 g/mol. The van der Waals surface area contributed by atoms with Gasteiger partial charge in [0.1, 0.15) is 6.54 Å². The molecule has 0 aliphatic heterocycles. The average molecular weight is 239 g/mol. The van der Waals surface area contributed by atoms with Crippen LogP contribution in [0.5, 0.6) is 0 Å². The molecular weight excluding hydrogens is 218 g/mol. The molecule has 1 amide bonds. The molecule has 0 spiro atoms. The van der Waals surface area contributed by atoms with Crippen molar-refractivity contribution in [1.82, 2.24) is 4.90 Å². The Morgan fingerprint density at radius 1 is 1.47 bits per heavy atom. The lowest BCUT2D eigenvalue weighted by Crippen LogP contribution is -2.41. The van der Waals surface area contributed by atoms with E-state index in [2.05, 4.69) is 16.9 Å². The Balaban J connectivity index is 2.53. The molecule has 1 unspecified atom stereocenters. The minimum atomic E-state index is -0.367. The van der Waals surface area contributed by atoms with Gasteiger partial charge in [0.25, 0.3) is 0 Å². The Hall–Kier alpha value is -1.32. The van der Waals surface area contributed by atoms with Crippen molar-refractivity contribution in [1.29, 1.82) is 0 Å². The molecule has 0 heterocycles. The number of esters is 1. The second-order valence-electron chi connectivity index (χ2n) is 4.66. The van der Waals surface area contributed by atoms with Crippen LogP contribution in [0.25, 0.3) is 0 Å². The summed E-state index contributed by atoms with van der Waals surface area (Å²) in [6.07, 6.45) is 6.78. The van der Waals surface area contributed by atoms with Crippen LogP contribution in [0.2, 0.25) is 0 Å². The molecule has 1 atom stereocenters. The molecule has 4 nitrogen and oxygen atoms in total. The first-order valence-corrected chi connectivity index (χ1v) is 6.07. The van der Waals surface area contributed by atoms with Gasteiger partial charge in [0.05, 0.1) is 7.11 Å². The minimum absolute atomic E-state index is 0.0204. The number of nitrogens with zero attached hydrogens (tertiary/aromatic N) is 1. The highest BCUT2D eigenvalue weighted by molar-refractivity contribution is 5.82. The molecule has 0 saturated heterocycles. The SMILES string of the molecule is COC(=O)CN(C(=O)CC1C=CCC1)C(C)C. The van der Waals surface area contributed by atoms with Crippen LogP contribution in [0.15, 0.2) is 12.2 Å². The van der Waals surface area contributed by atoms with E-state index in [0.29, 0.717) is 12.3 Å². The molecule has 4 heteroatoms. The van der Waals surface area contributed by atoms with Gasteiger partial charge in [0.15, 0.2) is 0 Å². The third kappa shape index (κ3) is 4.21. The highest BCUT2D eigenvalue weighted by Gasteiger charge is 2.23. The van der Waals surface area contributed by atoms with Crippen molar-refractivity contribution < 1.29 is 14.3 Å². The third-order valence-electron chi connectivity index (χ3n) is 3.02. The van der Waals surface area contributed by atoms with Crippen LogP contribution in [0, 0.1) is 5.92 Å². The highest BCUT2D eigenvalue weighted by atomic mass is 16.5. The van der Waals surface area contributed by atoms with Gasteiger partial charge in [-0.2, -0.15) is 0 Å². The van der Waals surface area contributed by atoms with Crippen LogP contribution in [0.4, 0.5) is 0 Å². The number of hydrogen-bond donors (Lipinski definition) is 0. The van der Waals surface area contributed by atoms with E-state index >= 15 is 0 Å². The first-order valence-electron chi connectivity index (χ1n) is 6.07. The molecule has 0 aromatic carbocycles. The van der Waals surface area contributed by atoms with Crippen LogP contribution in [-0.2, 0) is 14.3 Å². The maximum Gasteiger partial charge on any atom is 0.325 e. The van der Waals surface area contributed by atoms with Gasteiger partial charge < -0.3 is 9.64 Å². The highest BCUT2D eigenvalue weighted by Crippen LogP contribution is 2.21. The quantitative estimate of drug-likeness (QED) is 0.542. The largest absolute Gasteiger partial charge is 0.468 e. The van der Waals surface area contributed by atoms with Crippen molar-refractivity contribution in [2.75, 3.05) is 13.7 Å². The molecule has 0 fully saturated rings. The number of carbonyl (C=O) groups is 2. The smallest absolute Gasteiger partial charge is 0.325 e. The first kappa shape index (κ1) is 13.7. The van der Waals surface area contributed by atoms with Crippen molar-refractivity contribution >= 4 is 11.9 Å². The Morgan fingerprint density at radius 3 is 2.65 bits per heavy atom. The van der Waals surface area contributed by atoms with Gasteiger partial charge >= 0.3 is 5.97 Å². The van der Waals surface area contributed by atoms with Gasteiger partial charge in [0.2, 0.25) is 5.91 Å². The van der Waals surface area contributed by atoms with Crippen molar-refractivity contribution in [2.24, 2.45) is 5.92 Å². The molecule has 1 aliphatic rings. The topological polar surface area (TPSA) is 46.6 Å². The van der Waals surface area contributed by atoms with Crippen molar-refractivity contribution in [3.8, 4) is 0 Å². The molecule has 0 radical (unpaired) electrons. The van der Waals surface area contributed by atoms with E-state index < -0.39 is 0 Å². The van der Waals surface area contributed by atoms with Gasteiger partial charge in [-0.25, -0.2) is 0 Å². The van der Waals surface area contributed by atoms with Crippen molar-refractivity contribution in [3.05, 3.63) is 12.2 Å². The van der Waals surface area contributed by atoms with E-state index in [1.54, 1.807) is 4.90 Å². The predicted molar refractivity (Wildman–Crippen MR) is 65.3 cm³/mol. The van der Waals surface area contributed by atoms with Gasteiger partial charge in [-0.1, -0.05) is 12.2 Å². The molecule has 0 aromatic heterocycles. The number of carbonyl (C=O) groups excluding carboxylic acids is 2. The molecule has 0 aromatic rings. The maximum absolute atomic E-state index is 12.1. The molecule has 17 heavy (non-hydrogen) atoms. The fraction of sp³-hybridized carbons (Fsp3) is 0.692. The lowest BCUT2D eigenvalue weighted by Gasteiger charge is -2.26. The van der Waals surface area contributed by atoms with Crippen LogP contribution >= 0.6 is 0 Å². The van der Waals surface area contributed by atoms with Gasteiger partial charge in [0, 0.05) is 12.5 Å². The summed E-state index contributed by atoms with van der Waals surface area (Å²) in [4.78, 5) is 24.9. The van der Waals surface area contributed by atoms with Gasteiger partial charge in [-0.05, 0) is 32.6 Å². The molecular formula is C13H21NO3. The Bertz CT molecular complexity index is 310. The Morgan fingerprint density at radius 2 is 2.18 bits per heavy atom. The fourth-order valence-electron chi connectivity index (χ4n) is 1.97. The number of methoxy groups -OCH3 is 1. The second kappa shape index (κ2) is 6.42. The number of hydrogen-bond acceptors (Lipinski definition) is 3. The Kier molecular flexibility index (Phi) is 5.19. The molecule has 1 aliphatic carbocycles. The molecule has 96 valence electrons. The summed E-state index contributed by atoms with van der Waals surface area (Å²) >= 11 is 0. The van der Waals surface area contributed by atoms with Crippen molar-refractivity contribution in [2.45, 2.75) is 39.2 Å². The summed E-state index contributed by atoms with van der Waals surface area (Å²) in [5.41, 5.74) is 0. The number of amides is 1. The van der Waals surface area contributed by atoms with Crippen LogP contribution in [0.1, 0.15) is 33.1 Å². The zero-order valence-electron chi connectivity index (χ0n) is 10.8. The summed E-state index contributed by atoms with van der Waals surface area (Å²) < 4.78 is 4.60. The maximum atomic E-state index is 12.1. The fourth-order valence-corrected chi connectivity index (χ4v) is 1.97. The van der Waals surface area contributed by atoms with E-state index in [9.17, 15) is 9.59 Å². The van der Waals surface area contributed by atoms with Gasteiger partial charge in [-0.15, -0.1) is 0 Å². The average Bonchev–Trinajstić information content (AvgIpc) is 2.77. The number of allylic oxidation sites excluding steroid dienone is 2. The van der Waals surface area contributed by atoms with Crippen molar-refractivity contribution in [3.63, 3.8) is 0 Å². The number of ether oxygens (including phenoxy) is 1. The first-order chi connectivity index (χ1) is 8.04. The van der Waals surface area contributed by atoms with Crippen LogP contribution < -0.4 is 0 Å².